The third kappa shape index (κ3) is 2.77. The minimum absolute atomic E-state index is 0.504. The molecule has 1 fully saturated rings. The number of nitrogens with one attached hydrogen (secondary N) is 1. The van der Waals surface area contributed by atoms with Gasteiger partial charge in [-0.2, -0.15) is 0 Å². The maximum absolute atomic E-state index is 5.17. The SMILES string of the molecule is CNCCCN1CC(OC)C1. The van der Waals surface area contributed by atoms with Crippen LogP contribution in [0.2, 0.25) is 0 Å². The minimum Gasteiger partial charge on any atom is -0.379 e. The van der Waals surface area contributed by atoms with Gasteiger partial charge in [-0.3, -0.25) is 4.90 Å². The van der Waals surface area contributed by atoms with Crippen molar-refractivity contribution in [3.8, 4) is 0 Å². The lowest BCUT2D eigenvalue weighted by Gasteiger charge is -2.38. The van der Waals surface area contributed by atoms with Gasteiger partial charge in [-0.1, -0.05) is 0 Å². The van der Waals surface area contributed by atoms with Gasteiger partial charge in [0.05, 0.1) is 6.10 Å². The molecule has 1 aliphatic rings. The van der Waals surface area contributed by atoms with Gasteiger partial charge in [0.15, 0.2) is 0 Å². The fraction of sp³-hybridized carbons (Fsp3) is 1.00. The van der Waals surface area contributed by atoms with Crippen molar-refractivity contribution in [2.45, 2.75) is 12.5 Å². The van der Waals surface area contributed by atoms with Gasteiger partial charge in [-0.05, 0) is 26.6 Å². The fourth-order valence-corrected chi connectivity index (χ4v) is 1.33. The standard InChI is InChI=1S/C8H18N2O/c1-9-4-3-5-10-6-8(7-10)11-2/h8-9H,3-7H2,1-2H3. The molecule has 0 spiro atoms. The van der Waals surface area contributed by atoms with E-state index in [-0.39, 0.29) is 0 Å². The third-order valence-electron chi connectivity index (χ3n) is 2.16. The molecule has 0 radical (unpaired) electrons. The van der Waals surface area contributed by atoms with Crippen LogP contribution in [0.15, 0.2) is 0 Å². The van der Waals surface area contributed by atoms with Crippen LogP contribution in [-0.2, 0) is 4.74 Å². The lowest BCUT2D eigenvalue weighted by Crippen LogP contribution is -2.52. The van der Waals surface area contributed by atoms with Gasteiger partial charge in [0.25, 0.3) is 0 Å². The lowest BCUT2D eigenvalue weighted by molar-refractivity contribution is -0.0293. The van der Waals surface area contributed by atoms with Crippen molar-refractivity contribution in [2.24, 2.45) is 0 Å². The fourth-order valence-electron chi connectivity index (χ4n) is 1.33. The maximum Gasteiger partial charge on any atom is 0.0824 e. The van der Waals surface area contributed by atoms with E-state index in [0.717, 1.165) is 19.6 Å². The van der Waals surface area contributed by atoms with Crippen molar-refractivity contribution in [2.75, 3.05) is 40.3 Å². The highest BCUT2D eigenvalue weighted by atomic mass is 16.5. The molecule has 0 unspecified atom stereocenters. The summed E-state index contributed by atoms with van der Waals surface area (Å²) in [6.07, 6.45) is 1.75. The van der Waals surface area contributed by atoms with Crippen LogP contribution in [0.5, 0.6) is 0 Å². The van der Waals surface area contributed by atoms with Gasteiger partial charge >= 0.3 is 0 Å². The number of hydrogen-bond donors (Lipinski definition) is 1. The molecule has 0 amide bonds. The summed E-state index contributed by atoms with van der Waals surface area (Å²) in [5.74, 6) is 0. The molecule has 1 heterocycles. The summed E-state index contributed by atoms with van der Waals surface area (Å²) in [6, 6.07) is 0. The van der Waals surface area contributed by atoms with Crippen LogP contribution in [-0.4, -0.2) is 51.3 Å². The predicted octanol–water partition coefficient (Wildman–Crippen LogP) is -0.0735. The molecule has 0 atom stereocenters. The van der Waals surface area contributed by atoms with Crippen molar-refractivity contribution in [3.63, 3.8) is 0 Å². The molecule has 0 saturated carbocycles. The van der Waals surface area contributed by atoms with Crippen LogP contribution in [0.25, 0.3) is 0 Å². The number of likely N-dealkylation sites (tertiary alicyclic amines) is 1. The van der Waals surface area contributed by atoms with Crippen molar-refractivity contribution >= 4 is 0 Å². The van der Waals surface area contributed by atoms with Gasteiger partial charge in [-0.25, -0.2) is 0 Å². The second kappa shape index (κ2) is 4.70. The van der Waals surface area contributed by atoms with Crippen molar-refractivity contribution < 1.29 is 4.74 Å². The zero-order valence-electron chi connectivity index (χ0n) is 7.47. The smallest absolute Gasteiger partial charge is 0.0824 e. The Kier molecular flexibility index (Phi) is 3.83. The lowest BCUT2D eigenvalue weighted by atomic mass is 10.1. The maximum atomic E-state index is 5.17. The van der Waals surface area contributed by atoms with Crippen LogP contribution in [0, 0.1) is 0 Å². The first-order valence-corrected chi connectivity index (χ1v) is 4.26. The van der Waals surface area contributed by atoms with Crippen molar-refractivity contribution in [1.82, 2.24) is 10.2 Å². The Morgan fingerprint density at radius 1 is 1.55 bits per heavy atom. The molecule has 1 N–H and O–H groups in total. The molecule has 0 bridgehead atoms. The average Bonchev–Trinajstić information content (AvgIpc) is 1.94. The minimum atomic E-state index is 0.504. The van der Waals surface area contributed by atoms with Gasteiger partial charge in [0, 0.05) is 20.2 Å². The van der Waals surface area contributed by atoms with E-state index in [1.165, 1.54) is 13.0 Å². The van der Waals surface area contributed by atoms with Crippen molar-refractivity contribution in [1.29, 1.82) is 0 Å². The molecular weight excluding hydrogens is 140 g/mol. The molecule has 0 aromatic carbocycles. The monoisotopic (exact) mass is 158 g/mol. The second-order valence-electron chi connectivity index (χ2n) is 3.07. The molecule has 66 valence electrons. The largest absolute Gasteiger partial charge is 0.379 e. The summed E-state index contributed by atoms with van der Waals surface area (Å²) in [5, 5.41) is 3.14. The molecule has 1 saturated heterocycles. The predicted molar refractivity (Wildman–Crippen MR) is 45.8 cm³/mol. The first-order chi connectivity index (χ1) is 5.36. The highest BCUT2D eigenvalue weighted by Gasteiger charge is 2.24. The van der Waals surface area contributed by atoms with E-state index >= 15 is 0 Å². The van der Waals surface area contributed by atoms with E-state index in [9.17, 15) is 0 Å². The van der Waals surface area contributed by atoms with Crippen LogP contribution in [0.3, 0.4) is 0 Å². The highest BCUT2D eigenvalue weighted by Crippen LogP contribution is 2.09. The van der Waals surface area contributed by atoms with Gasteiger partial charge < -0.3 is 10.1 Å². The van der Waals surface area contributed by atoms with Gasteiger partial charge in [0.1, 0.15) is 0 Å². The summed E-state index contributed by atoms with van der Waals surface area (Å²) in [4.78, 5) is 2.42. The van der Waals surface area contributed by atoms with Crippen LogP contribution >= 0.6 is 0 Å². The Balaban J connectivity index is 1.88. The molecule has 1 rings (SSSR count). The van der Waals surface area contributed by atoms with E-state index in [1.54, 1.807) is 7.11 Å². The highest BCUT2D eigenvalue weighted by molar-refractivity contribution is 4.79. The Bertz CT molecular complexity index is 102. The van der Waals surface area contributed by atoms with E-state index in [0.29, 0.717) is 6.10 Å². The Morgan fingerprint density at radius 2 is 2.27 bits per heavy atom. The summed E-state index contributed by atoms with van der Waals surface area (Å²) in [6.45, 7) is 4.58. The first kappa shape index (κ1) is 8.97. The van der Waals surface area contributed by atoms with Crippen LogP contribution in [0.4, 0.5) is 0 Å². The topological polar surface area (TPSA) is 24.5 Å². The van der Waals surface area contributed by atoms with Crippen LogP contribution < -0.4 is 5.32 Å². The molecule has 0 aliphatic carbocycles. The molecule has 3 nitrogen and oxygen atoms in total. The molecule has 0 aromatic heterocycles. The average molecular weight is 158 g/mol. The number of hydrogen-bond acceptors (Lipinski definition) is 3. The molecular formula is C8H18N2O. The number of rotatable bonds is 5. The Hall–Kier alpha value is -0.120. The number of methoxy groups -OCH3 is 1. The third-order valence-corrected chi connectivity index (χ3v) is 2.16. The summed E-state index contributed by atoms with van der Waals surface area (Å²) >= 11 is 0. The van der Waals surface area contributed by atoms with Crippen molar-refractivity contribution in [3.05, 3.63) is 0 Å². The quantitative estimate of drug-likeness (QED) is 0.567. The zero-order chi connectivity index (χ0) is 8.10. The second-order valence-corrected chi connectivity index (χ2v) is 3.07. The molecule has 3 heteroatoms. The normalized spacial score (nSPS) is 20.2. The molecule has 11 heavy (non-hydrogen) atoms. The number of ether oxygens (including phenoxy) is 1. The van der Waals surface area contributed by atoms with E-state index in [2.05, 4.69) is 10.2 Å². The Labute approximate surface area is 68.7 Å². The summed E-state index contributed by atoms with van der Waals surface area (Å²) < 4.78 is 5.17. The number of nitrogens with zero attached hydrogens (tertiary/aromatic N) is 1. The molecule has 1 aliphatic heterocycles. The first-order valence-electron chi connectivity index (χ1n) is 4.26. The van der Waals surface area contributed by atoms with Gasteiger partial charge in [-0.15, -0.1) is 0 Å². The van der Waals surface area contributed by atoms with Crippen LogP contribution in [0.1, 0.15) is 6.42 Å². The van der Waals surface area contributed by atoms with Gasteiger partial charge in [0.2, 0.25) is 0 Å². The zero-order valence-corrected chi connectivity index (χ0v) is 7.47. The molecule has 0 aromatic rings. The Morgan fingerprint density at radius 3 is 2.82 bits per heavy atom. The van der Waals surface area contributed by atoms with E-state index in [1.807, 2.05) is 7.05 Å². The van der Waals surface area contributed by atoms with E-state index in [4.69, 9.17) is 4.74 Å². The summed E-state index contributed by atoms with van der Waals surface area (Å²) in [7, 11) is 3.78. The van der Waals surface area contributed by atoms with E-state index < -0.39 is 0 Å². The summed E-state index contributed by atoms with van der Waals surface area (Å²) in [5.41, 5.74) is 0.